The fourth-order valence-electron chi connectivity index (χ4n) is 5.88. The van der Waals surface area contributed by atoms with Gasteiger partial charge in [0.1, 0.15) is 11.3 Å². The number of aliphatic hydroxyl groups excluding tert-OH is 1. The van der Waals surface area contributed by atoms with Crippen molar-refractivity contribution in [2.24, 2.45) is 0 Å². The highest BCUT2D eigenvalue weighted by Gasteiger charge is 2.26. The standard InChI is InChI=1S/C32H42N8O5/c1-3-4-5-24(21-41)34-31-30-25(35-32(33)36-31)10-12-39(30)20-23-18-22(6-7-26(23)45-2)19-37-14-16-38(17-15-37)27(42)11-13-40-28(43)8-9-29(40)44/h6-10,12,18,24,41H,3-5,11,13-17,19-21H2,1-2H3,(H3,33,34,35,36). The zero-order chi connectivity index (χ0) is 31.9. The zero-order valence-corrected chi connectivity index (χ0v) is 25.9. The number of benzene rings is 1. The van der Waals surface area contributed by atoms with Crippen LogP contribution < -0.4 is 15.8 Å². The number of nitrogens with zero attached hydrogens (tertiary/aromatic N) is 6. The second kappa shape index (κ2) is 14.5. The SMILES string of the molecule is CCCCC(CO)Nc1nc(N)nc2ccn(Cc3cc(CN4CCN(C(=O)CCN5C(=O)C=CC5=O)CC4)ccc3OC)c12. The van der Waals surface area contributed by atoms with Gasteiger partial charge >= 0.3 is 0 Å². The maximum Gasteiger partial charge on any atom is 0.253 e. The van der Waals surface area contributed by atoms with Crippen LogP contribution in [0, 0.1) is 0 Å². The molecule has 13 heteroatoms. The largest absolute Gasteiger partial charge is 0.496 e. The van der Waals surface area contributed by atoms with Gasteiger partial charge < -0.3 is 30.4 Å². The lowest BCUT2D eigenvalue weighted by molar-refractivity contribution is -0.138. The van der Waals surface area contributed by atoms with Crippen molar-refractivity contribution in [3.8, 4) is 5.75 Å². The first kappa shape index (κ1) is 31.9. The number of anilines is 2. The molecule has 1 unspecified atom stereocenters. The van der Waals surface area contributed by atoms with E-state index in [0.29, 0.717) is 25.5 Å². The summed E-state index contributed by atoms with van der Waals surface area (Å²) in [7, 11) is 1.66. The van der Waals surface area contributed by atoms with Crippen LogP contribution in [0.5, 0.6) is 5.75 Å². The predicted octanol–water partition coefficient (Wildman–Crippen LogP) is 1.99. The lowest BCUT2D eigenvalue weighted by Gasteiger charge is -2.35. The first-order valence-electron chi connectivity index (χ1n) is 15.5. The summed E-state index contributed by atoms with van der Waals surface area (Å²) in [5, 5.41) is 13.3. The van der Waals surface area contributed by atoms with Crippen molar-refractivity contribution in [1.82, 2.24) is 29.2 Å². The number of nitrogens with two attached hydrogens (primary N) is 1. The Hall–Kier alpha value is -4.49. The summed E-state index contributed by atoms with van der Waals surface area (Å²) in [5.41, 5.74) is 9.67. The van der Waals surface area contributed by atoms with Gasteiger partial charge in [0, 0.05) is 69.6 Å². The molecular formula is C32H42N8O5. The number of carbonyl (C=O) groups excluding carboxylic acids is 3. The molecule has 45 heavy (non-hydrogen) atoms. The van der Waals surface area contributed by atoms with E-state index in [1.165, 1.54) is 12.2 Å². The Labute approximate surface area is 262 Å². The summed E-state index contributed by atoms with van der Waals surface area (Å²) in [5.74, 6) is 0.746. The molecule has 4 heterocycles. The molecule has 0 aliphatic carbocycles. The molecule has 2 aromatic heterocycles. The van der Waals surface area contributed by atoms with Crippen LogP contribution in [0.3, 0.4) is 0 Å². The number of piperazine rings is 1. The number of hydrogen-bond acceptors (Lipinski definition) is 10. The Morgan fingerprint density at radius 1 is 1.09 bits per heavy atom. The van der Waals surface area contributed by atoms with Crippen LogP contribution >= 0.6 is 0 Å². The van der Waals surface area contributed by atoms with Crippen LogP contribution in [0.25, 0.3) is 11.0 Å². The second-order valence-electron chi connectivity index (χ2n) is 11.5. The van der Waals surface area contributed by atoms with E-state index in [4.69, 9.17) is 10.5 Å². The lowest BCUT2D eigenvalue weighted by Crippen LogP contribution is -2.49. The predicted molar refractivity (Wildman–Crippen MR) is 170 cm³/mol. The van der Waals surface area contributed by atoms with E-state index >= 15 is 0 Å². The molecular weight excluding hydrogens is 576 g/mol. The van der Waals surface area contributed by atoms with Gasteiger partial charge in [-0.05, 0) is 30.2 Å². The molecule has 1 fully saturated rings. The molecule has 0 radical (unpaired) electrons. The van der Waals surface area contributed by atoms with Gasteiger partial charge in [-0.2, -0.15) is 4.98 Å². The molecule has 5 rings (SSSR count). The van der Waals surface area contributed by atoms with E-state index < -0.39 is 0 Å². The molecule has 0 bridgehead atoms. The first-order chi connectivity index (χ1) is 21.8. The normalized spacial score (nSPS) is 16.2. The van der Waals surface area contributed by atoms with Gasteiger partial charge in [0.2, 0.25) is 11.9 Å². The Bertz CT molecular complexity index is 1540. The third kappa shape index (κ3) is 7.60. The van der Waals surface area contributed by atoms with Crippen molar-refractivity contribution in [3.05, 3.63) is 53.7 Å². The van der Waals surface area contributed by atoms with Crippen LogP contribution in [0.4, 0.5) is 11.8 Å². The first-order valence-corrected chi connectivity index (χ1v) is 15.5. The quantitative estimate of drug-likeness (QED) is 0.228. The van der Waals surface area contributed by atoms with Crippen molar-refractivity contribution >= 4 is 40.5 Å². The summed E-state index contributed by atoms with van der Waals surface area (Å²) >= 11 is 0. The average Bonchev–Trinajstić information content (AvgIpc) is 3.59. The van der Waals surface area contributed by atoms with E-state index in [1.54, 1.807) is 12.0 Å². The van der Waals surface area contributed by atoms with Crippen molar-refractivity contribution in [2.45, 2.75) is 51.7 Å². The number of rotatable bonds is 14. The van der Waals surface area contributed by atoms with Gasteiger partial charge in [0.15, 0.2) is 5.82 Å². The topological polar surface area (TPSA) is 159 Å². The monoisotopic (exact) mass is 618 g/mol. The summed E-state index contributed by atoms with van der Waals surface area (Å²) < 4.78 is 7.79. The van der Waals surface area contributed by atoms with Gasteiger partial charge in [0.25, 0.3) is 11.8 Å². The number of imide groups is 1. The number of aliphatic hydroxyl groups is 1. The minimum atomic E-state index is -0.366. The summed E-state index contributed by atoms with van der Waals surface area (Å²) in [4.78, 5) is 50.4. The second-order valence-corrected chi connectivity index (χ2v) is 11.5. The average molecular weight is 619 g/mol. The molecule has 3 aromatic rings. The van der Waals surface area contributed by atoms with E-state index in [1.807, 2.05) is 18.3 Å². The lowest BCUT2D eigenvalue weighted by atomic mass is 10.1. The van der Waals surface area contributed by atoms with Crippen LogP contribution in [0.15, 0.2) is 42.6 Å². The highest BCUT2D eigenvalue weighted by Crippen LogP contribution is 2.28. The maximum absolute atomic E-state index is 12.7. The number of unbranched alkanes of at least 4 members (excludes halogenated alkanes) is 1. The molecule has 1 saturated heterocycles. The number of nitrogen functional groups attached to an aromatic ring is 1. The molecule has 2 aliphatic heterocycles. The molecule has 13 nitrogen and oxygen atoms in total. The molecule has 0 saturated carbocycles. The number of fused-ring (bicyclic) bond motifs is 1. The molecule has 2 aliphatic rings. The van der Waals surface area contributed by atoms with E-state index in [2.05, 4.69) is 43.8 Å². The molecule has 4 N–H and O–H groups in total. The van der Waals surface area contributed by atoms with Crippen LogP contribution in [0.1, 0.15) is 43.7 Å². The van der Waals surface area contributed by atoms with Crippen molar-refractivity contribution in [2.75, 3.05) is 57.5 Å². The number of hydrogen-bond donors (Lipinski definition) is 3. The van der Waals surface area contributed by atoms with Crippen LogP contribution in [-0.4, -0.2) is 105 Å². The van der Waals surface area contributed by atoms with Gasteiger partial charge in [-0.1, -0.05) is 25.8 Å². The smallest absolute Gasteiger partial charge is 0.253 e. The summed E-state index contributed by atoms with van der Waals surface area (Å²) in [6, 6.07) is 7.94. The minimum Gasteiger partial charge on any atom is -0.496 e. The van der Waals surface area contributed by atoms with Crippen LogP contribution in [0.2, 0.25) is 0 Å². The fraction of sp³-hybridized carbons (Fsp3) is 0.469. The van der Waals surface area contributed by atoms with Crippen LogP contribution in [-0.2, 0) is 27.5 Å². The van der Waals surface area contributed by atoms with Crippen molar-refractivity contribution in [1.29, 1.82) is 0 Å². The summed E-state index contributed by atoms with van der Waals surface area (Å²) in [6.45, 7) is 6.06. The minimum absolute atomic E-state index is 0.0112. The Kier molecular flexibility index (Phi) is 10.3. The molecule has 1 aromatic carbocycles. The van der Waals surface area contributed by atoms with E-state index in [0.717, 1.165) is 71.7 Å². The Morgan fingerprint density at radius 2 is 1.84 bits per heavy atom. The third-order valence-corrected chi connectivity index (χ3v) is 8.36. The fourth-order valence-corrected chi connectivity index (χ4v) is 5.88. The van der Waals surface area contributed by atoms with Gasteiger partial charge in [0.05, 0.1) is 31.8 Å². The van der Waals surface area contributed by atoms with Gasteiger partial charge in [-0.15, -0.1) is 0 Å². The molecule has 1 atom stereocenters. The maximum atomic E-state index is 12.7. The highest BCUT2D eigenvalue weighted by atomic mass is 16.5. The number of methoxy groups -OCH3 is 1. The van der Waals surface area contributed by atoms with E-state index in [9.17, 15) is 19.5 Å². The number of carbonyl (C=O) groups is 3. The van der Waals surface area contributed by atoms with Gasteiger partial charge in [-0.25, -0.2) is 4.98 Å². The third-order valence-electron chi connectivity index (χ3n) is 8.36. The zero-order valence-electron chi connectivity index (χ0n) is 25.9. The number of amides is 3. The Balaban J connectivity index is 1.24. The van der Waals surface area contributed by atoms with E-state index in [-0.39, 0.29) is 49.3 Å². The number of aromatic nitrogens is 3. The highest BCUT2D eigenvalue weighted by molar-refractivity contribution is 6.13. The van der Waals surface area contributed by atoms with Crippen molar-refractivity contribution < 1.29 is 24.2 Å². The molecule has 3 amide bonds. The number of nitrogens with one attached hydrogen (secondary N) is 1. The summed E-state index contributed by atoms with van der Waals surface area (Å²) in [6.07, 6.45) is 7.39. The number of ether oxygens (including phenoxy) is 1. The molecule has 0 spiro atoms. The van der Waals surface area contributed by atoms with Crippen molar-refractivity contribution in [3.63, 3.8) is 0 Å². The molecule has 240 valence electrons. The van der Waals surface area contributed by atoms with Gasteiger partial charge in [-0.3, -0.25) is 24.2 Å². The Morgan fingerprint density at radius 3 is 2.53 bits per heavy atom.